The molecule has 1 aliphatic heterocycles. The predicted molar refractivity (Wildman–Crippen MR) is 107 cm³/mol. The zero-order chi connectivity index (χ0) is 19.2. The van der Waals surface area contributed by atoms with Crippen molar-refractivity contribution in [3.05, 3.63) is 64.5 Å². The highest BCUT2D eigenvalue weighted by Gasteiger charge is 2.23. The van der Waals surface area contributed by atoms with Gasteiger partial charge in [0.15, 0.2) is 0 Å². The molecule has 1 aliphatic rings. The average molecular weight is 367 g/mol. The molecule has 1 aromatic heterocycles. The van der Waals surface area contributed by atoms with Crippen LogP contribution in [0.1, 0.15) is 40.8 Å². The topological polar surface area (TPSA) is 54.5 Å². The van der Waals surface area contributed by atoms with Gasteiger partial charge in [-0.25, -0.2) is 4.79 Å². The highest BCUT2D eigenvalue weighted by Crippen LogP contribution is 2.16. The van der Waals surface area contributed by atoms with E-state index >= 15 is 0 Å². The van der Waals surface area contributed by atoms with E-state index in [4.69, 9.17) is 4.74 Å². The molecule has 1 N–H and O–H groups in total. The summed E-state index contributed by atoms with van der Waals surface area (Å²) in [5, 5.41) is 3.06. The largest absolute Gasteiger partial charge is 0.376 e. The fourth-order valence-corrected chi connectivity index (χ4v) is 3.48. The number of urea groups is 1. The molecule has 1 atom stereocenters. The summed E-state index contributed by atoms with van der Waals surface area (Å²) in [6.45, 7) is 8.56. The highest BCUT2D eigenvalue weighted by molar-refractivity contribution is 5.74. The number of nitrogens with zero attached hydrogens (tertiary/aromatic N) is 2. The maximum absolute atomic E-state index is 12.9. The highest BCUT2D eigenvalue weighted by atomic mass is 16.5. The zero-order valence-corrected chi connectivity index (χ0v) is 16.5. The van der Waals surface area contributed by atoms with Gasteiger partial charge < -0.3 is 15.0 Å². The maximum atomic E-state index is 12.9. The van der Waals surface area contributed by atoms with Crippen LogP contribution in [0.2, 0.25) is 0 Å². The second kappa shape index (κ2) is 9.00. The number of amides is 2. The first-order chi connectivity index (χ1) is 13.0. The molecule has 5 heteroatoms. The van der Waals surface area contributed by atoms with E-state index in [0.717, 1.165) is 41.8 Å². The van der Waals surface area contributed by atoms with E-state index in [0.29, 0.717) is 19.6 Å². The van der Waals surface area contributed by atoms with Crippen LogP contribution in [0.15, 0.2) is 36.5 Å². The van der Waals surface area contributed by atoms with Crippen molar-refractivity contribution < 1.29 is 9.53 Å². The lowest BCUT2D eigenvalue weighted by Crippen LogP contribution is -2.43. The number of ether oxygens (including phenoxy) is 1. The minimum Gasteiger partial charge on any atom is -0.376 e. The van der Waals surface area contributed by atoms with Crippen LogP contribution in [0.4, 0.5) is 4.79 Å². The second-order valence-electron chi connectivity index (χ2n) is 7.42. The van der Waals surface area contributed by atoms with Gasteiger partial charge in [-0.05, 0) is 56.4 Å². The van der Waals surface area contributed by atoms with Gasteiger partial charge in [0.2, 0.25) is 0 Å². The summed E-state index contributed by atoms with van der Waals surface area (Å²) < 4.78 is 5.76. The Balaban J connectivity index is 1.67. The fraction of sp³-hybridized carbons (Fsp3) is 0.455. The van der Waals surface area contributed by atoms with Crippen molar-refractivity contribution in [3.63, 3.8) is 0 Å². The van der Waals surface area contributed by atoms with Gasteiger partial charge in [0, 0.05) is 38.1 Å². The number of hydrogen-bond acceptors (Lipinski definition) is 3. The second-order valence-corrected chi connectivity index (χ2v) is 7.42. The Morgan fingerprint density at radius 1 is 1.30 bits per heavy atom. The van der Waals surface area contributed by atoms with E-state index in [1.165, 1.54) is 5.56 Å². The Hall–Kier alpha value is -2.40. The molecule has 0 radical (unpaired) electrons. The first-order valence-corrected chi connectivity index (χ1v) is 9.63. The van der Waals surface area contributed by atoms with Crippen molar-refractivity contribution in [1.82, 2.24) is 15.2 Å². The van der Waals surface area contributed by atoms with Crippen molar-refractivity contribution in [2.24, 2.45) is 0 Å². The van der Waals surface area contributed by atoms with Crippen LogP contribution in [0.3, 0.4) is 0 Å². The third-order valence-corrected chi connectivity index (χ3v) is 4.98. The number of carbonyl (C=O) groups excluding carboxylic acids is 1. The molecular weight excluding hydrogens is 338 g/mol. The molecule has 0 aliphatic carbocycles. The first-order valence-electron chi connectivity index (χ1n) is 9.63. The SMILES string of the molecule is Cc1cccc(CN(CC2CCCO2)C(=O)NCc2cnc(C)cc2C)c1. The third kappa shape index (κ3) is 5.54. The quantitative estimate of drug-likeness (QED) is 0.842. The van der Waals surface area contributed by atoms with E-state index in [2.05, 4.69) is 35.4 Å². The summed E-state index contributed by atoms with van der Waals surface area (Å²) in [7, 11) is 0. The normalized spacial score (nSPS) is 16.3. The Bertz CT molecular complexity index is 785. The van der Waals surface area contributed by atoms with Gasteiger partial charge in [-0.15, -0.1) is 0 Å². The van der Waals surface area contributed by atoms with Crippen LogP contribution in [0, 0.1) is 20.8 Å². The van der Waals surface area contributed by atoms with Crippen LogP contribution in [-0.4, -0.2) is 35.2 Å². The Morgan fingerprint density at radius 2 is 2.15 bits per heavy atom. The molecule has 5 nitrogen and oxygen atoms in total. The van der Waals surface area contributed by atoms with E-state index in [9.17, 15) is 4.79 Å². The zero-order valence-electron chi connectivity index (χ0n) is 16.5. The van der Waals surface area contributed by atoms with Gasteiger partial charge in [0.05, 0.1) is 6.10 Å². The molecule has 0 saturated carbocycles. The molecule has 0 spiro atoms. The summed E-state index contributed by atoms with van der Waals surface area (Å²) in [4.78, 5) is 19.1. The van der Waals surface area contributed by atoms with E-state index in [1.807, 2.05) is 37.1 Å². The molecule has 1 fully saturated rings. The molecule has 1 aromatic carbocycles. The molecular formula is C22H29N3O2. The summed E-state index contributed by atoms with van der Waals surface area (Å²) in [5.74, 6) is 0. The van der Waals surface area contributed by atoms with Gasteiger partial charge in [0.1, 0.15) is 0 Å². The molecule has 27 heavy (non-hydrogen) atoms. The van der Waals surface area contributed by atoms with Crippen molar-refractivity contribution in [1.29, 1.82) is 0 Å². The number of rotatable bonds is 6. The number of nitrogens with one attached hydrogen (secondary N) is 1. The number of hydrogen-bond donors (Lipinski definition) is 1. The van der Waals surface area contributed by atoms with E-state index < -0.39 is 0 Å². The number of aryl methyl sites for hydroxylation is 3. The van der Waals surface area contributed by atoms with E-state index in [1.54, 1.807) is 0 Å². The smallest absolute Gasteiger partial charge is 0.318 e. The van der Waals surface area contributed by atoms with Gasteiger partial charge >= 0.3 is 6.03 Å². The molecule has 0 bridgehead atoms. The lowest BCUT2D eigenvalue weighted by Gasteiger charge is -2.26. The Kier molecular flexibility index (Phi) is 6.45. The number of carbonyl (C=O) groups is 1. The fourth-order valence-electron chi connectivity index (χ4n) is 3.48. The van der Waals surface area contributed by atoms with Gasteiger partial charge in [-0.2, -0.15) is 0 Å². The third-order valence-electron chi connectivity index (χ3n) is 4.98. The van der Waals surface area contributed by atoms with Gasteiger partial charge in [-0.1, -0.05) is 29.8 Å². The average Bonchev–Trinajstić information content (AvgIpc) is 3.13. The molecule has 3 rings (SSSR count). The van der Waals surface area contributed by atoms with Crippen LogP contribution in [0.25, 0.3) is 0 Å². The molecule has 1 unspecified atom stereocenters. The predicted octanol–water partition coefficient (Wildman–Crippen LogP) is 3.90. The van der Waals surface area contributed by atoms with Crippen molar-refractivity contribution in [3.8, 4) is 0 Å². The van der Waals surface area contributed by atoms with E-state index in [-0.39, 0.29) is 12.1 Å². The van der Waals surface area contributed by atoms with Crippen LogP contribution in [0.5, 0.6) is 0 Å². The Morgan fingerprint density at radius 3 is 2.85 bits per heavy atom. The van der Waals surface area contributed by atoms with Gasteiger partial charge in [-0.3, -0.25) is 4.98 Å². The molecule has 2 amide bonds. The summed E-state index contributed by atoms with van der Waals surface area (Å²) in [6, 6.07) is 10.3. The minimum atomic E-state index is -0.0630. The first kappa shape index (κ1) is 19.4. The van der Waals surface area contributed by atoms with Crippen LogP contribution in [-0.2, 0) is 17.8 Å². The minimum absolute atomic E-state index is 0.0630. The van der Waals surface area contributed by atoms with Crippen molar-refractivity contribution in [2.75, 3.05) is 13.2 Å². The summed E-state index contributed by atoms with van der Waals surface area (Å²) in [6.07, 6.45) is 4.05. The molecule has 144 valence electrons. The van der Waals surface area contributed by atoms with Crippen LogP contribution >= 0.6 is 0 Å². The molecule has 1 saturated heterocycles. The van der Waals surface area contributed by atoms with Crippen LogP contribution < -0.4 is 5.32 Å². The summed E-state index contributed by atoms with van der Waals surface area (Å²) >= 11 is 0. The number of pyridine rings is 1. The number of benzene rings is 1. The van der Waals surface area contributed by atoms with Crippen molar-refractivity contribution in [2.45, 2.75) is 52.8 Å². The molecule has 2 aromatic rings. The van der Waals surface area contributed by atoms with Gasteiger partial charge in [0.25, 0.3) is 0 Å². The Labute approximate surface area is 161 Å². The lowest BCUT2D eigenvalue weighted by molar-refractivity contribution is 0.0794. The number of aromatic nitrogens is 1. The van der Waals surface area contributed by atoms with Crippen molar-refractivity contribution >= 4 is 6.03 Å². The maximum Gasteiger partial charge on any atom is 0.318 e. The monoisotopic (exact) mass is 367 g/mol. The molecule has 2 heterocycles. The lowest BCUT2D eigenvalue weighted by atomic mass is 10.1. The standard InChI is InChI=1S/C22H29N3O2/c1-16-6-4-7-19(10-16)14-25(15-21-8-5-9-27-21)22(26)24-13-20-12-23-18(3)11-17(20)2/h4,6-7,10-12,21H,5,8-9,13-15H2,1-3H3,(H,24,26). The summed E-state index contributed by atoms with van der Waals surface area (Å²) in [5.41, 5.74) is 5.51.